The van der Waals surface area contributed by atoms with E-state index in [2.05, 4.69) is 17.1 Å². The van der Waals surface area contributed by atoms with Gasteiger partial charge in [-0.2, -0.15) is 0 Å². The van der Waals surface area contributed by atoms with Crippen LogP contribution in [0.5, 0.6) is 0 Å². The van der Waals surface area contributed by atoms with E-state index in [0.717, 1.165) is 64.2 Å². The lowest BCUT2D eigenvalue weighted by molar-refractivity contribution is 0.388. The average Bonchev–Trinajstić information content (AvgIpc) is 3.43. The molecule has 0 amide bonds. The van der Waals surface area contributed by atoms with Crippen LogP contribution >= 0.6 is 23.2 Å². The van der Waals surface area contributed by atoms with Crippen LogP contribution in [0.25, 0.3) is 22.5 Å². The topological polar surface area (TPSA) is 93.8 Å². The molecule has 5 rings (SSSR count). The van der Waals surface area contributed by atoms with Crippen LogP contribution in [0, 0.1) is 6.92 Å². The number of unbranched alkanes of at least 4 members (excludes halogenated alkanes) is 1. The Balaban J connectivity index is 1.41. The highest BCUT2D eigenvalue weighted by Crippen LogP contribution is 2.30. The lowest BCUT2D eigenvalue weighted by Crippen LogP contribution is -2.29. The fraction of sp³-hybridized carbons (Fsp3) is 0.273. The molecule has 0 aliphatic carbocycles. The van der Waals surface area contributed by atoms with Crippen LogP contribution in [0.4, 0.5) is 0 Å². The molecular formula is C33H32Cl2N4O3. The molecule has 0 fully saturated rings. The van der Waals surface area contributed by atoms with Crippen molar-refractivity contribution in [1.82, 2.24) is 19.7 Å². The second kappa shape index (κ2) is 13.4. The lowest BCUT2D eigenvalue weighted by atomic mass is 9.96. The summed E-state index contributed by atoms with van der Waals surface area (Å²) in [6.45, 7) is 4.57. The second-order valence-electron chi connectivity index (χ2n) is 10.3. The third-order valence-electron chi connectivity index (χ3n) is 7.44. The Morgan fingerprint density at radius 2 is 1.57 bits per heavy atom. The van der Waals surface area contributed by atoms with Crippen molar-refractivity contribution in [2.24, 2.45) is 0 Å². The van der Waals surface area contributed by atoms with Crippen LogP contribution < -0.4 is 11.3 Å². The Bertz CT molecular complexity index is 1790. The van der Waals surface area contributed by atoms with Crippen molar-refractivity contribution in [1.29, 1.82) is 0 Å². The first-order valence-corrected chi connectivity index (χ1v) is 14.9. The fourth-order valence-corrected chi connectivity index (χ4v) is 5.81. The van der Waals surface area contributed by atoms with Crippen molar-refractivity contribution in [3.8, 4) is 22.5 Å². The zero-order valence-corrected chi connectivity index (χ0v) is 25.1. The third kappa shape index (κ3) is 6.58. The van der Waals surface area contributed by atoms with Crippen LogP contribution in [-0.2, 0) is 25.8 Å². The van der Waals surface area contributed by atoms with Crippen molar-refractivity contribution < 1.29 is 4.52 Å². The van der Waals surface area contributed by atoms with Crippen molar-refractivity contribution in [3.05, 3.63) is 126 Å². The highest BCUT2D eigenvalue weighted by atomic mass is 35.5. The predicted octanol–water partition coefficient (Wildman–Crippen LogP) is 7.44. The number of H-pyrrole nitrogens is 1. The van der Waals surface area contributed by atoms with E-state index in [1.165, 1.54) is 0 Å². The molecule has 216 valence electrons. The number of benzene rings is 3. The van der Waals surface area contributed by atoms with Crippen LogP contribution in [0.3, 0.4) is 0 Å². The second-order valence-corrected chi connectivity index (χ2v) is 11.1. The Hall–Kier alpha value is -3.94. The molecule has 0 aliphatic heterocycles. The normalized spacial score (nSPS) is 11.2. The molecule has 0 atom stereocenters. The number of aromatic amines is 1. The first-order chi connectivity index (χ1) is 20.4. The summed E-state index contributed by atoms with van der Waals surface area (Å²) < 4.78 is 6.49. The van der Waals surface area contributed by atoms with Crippen LogP contribution in [-0.4, -0.2) is 19.7 Å². The number of rotatable bonds is 11. The number of nitrogens with one attached hydrogen (secondary N) is 1. The van der Waals surface area contributed by atoms with E-state index < -0.39 is 5.76 Å². The van der Waals surface area contributed by atoms with Crippen LogP contribution in [0.2, 0.25) is 10.0 Å². The summed E-state index contributed by atoms with van der Waals surface area (Å²) in [6.07, 6.45) is 4.62. The Labute approximate surface area is 254 Å². The number of aryl methyl sites for hydroxylation is 2. The molecule has 0 spiro atoms. The van der Waals surface area contributed by atoms with Gasteiger partial charge in [-0.3, -0.25) is 18.9 Å². The van der Waals surface area contributed by atoms with Gasteiger partial charge in [0.25, 0.3) is 5.56 Å². The molecule has 0 bridgehead atoms. The molecule has 0 radical (unpaired) electrons. The van der Waals surface area contributed by atoms with Gasteiger partial charge in [-0.25, -0.2) is 9.78 Å². The summed E-state index contributed by atoms with van der Waals surface area (Å²) in [7, 11) is 0. The van der Waals surface area contributed by atoms with Gasteiger partial charge in [0.05, 0.1) is 5.69 Å². The summed E-state index contributed by atoms with van der Waals surface area (Å²) in [4.78, 5) is 32.9. The molecule has 2 heterocycles. The molecule has 42 heavy (non-hydrogen) atoms. The SMILES string of the molecule is CCCCc1nc(C)n(CCCc2c(Cl)cccc2Cl)c(=O)c1Cc1ccc(-c2ccccc2-c2noc(=O)[nH]2)cc1. The van der Waals surface area contributed by atoms with Gasteiger partial charge in [-0.1, -0.05) is 96.3 Å². The smallest absolute Gasteiger partial charge is 0.297 e. The molecule has 5 aromatic rings. The molecule has 9 heteroatoms. The first kappa shape index (κ1) is 29.5. The van der Waals surface area contributed by atoms with Gasteiger partial charge in [0.15, 0.2) is 5.82 Å². The monoisotopic (exact) mass is 602 g/mol. The van der Waals surface area contributed by atoms with Crippen molar-refractivity contribution in [2.45, 2.75) is 58.9 Å². The summed E-state index contributed by atoms with van der Waals surface area (Å²) in [5.41, 5.74) is 6.16. The van der Waals surface area contributed by atoms with E-state index in [4.69, 9.17) is 32.7 Å². The summed E-state index contributed by atoms with van der Waals surface area (Å²) >= 11 is 12.7. The average molecular weight is 604 g/mol. The quantitative estimate of drug-likeness (QED) is 0.169. The summed E-state index contributed by atoms with van der Waals surface area (Å²) in [6, 6.07) is 21.3. The van der Waals surface area contributed by atoms with E-state index in [9.17, 15) is 9.59 Å². The summed E-state index contributed by atoms with van der Waals surface area (Å²) in [5, 5.41) is 5.13. The Kier molecular flexibility index (Phi) is 9.40. The molecular weight excluding hydrogens is 571 g/mol. The zero-order valence-electron chi connectivity index (χ0n) is 23.6. The molecule has 3 aromatic carbocycles. The van der Waals surface area contributed by atoms with Crippen LogP contribution in [0.1, 0.15) is 54.4 Å². The number of hydrogen-bond acceptors (Lipinski definition) is 5. The molecule has 0 unspecified atom stereocenters. The van der Waals surface area contributed by atoms with E-state index >= 15 is 0 Å². The van der Waals surface area contributed by atoms with Gasteiger partial charge in [0, 0.05) is 34.1 Å². The van der Waals surface area contributed by atoms with Gasteiger partial charge >= 0.3 is 5.76 Å². The van der Waals surface area contributed by atoms with Crippen molar-refractivity contribution in [2.75, 3.05) is 0 Å². The minimum absolute atomic E-state index is 0.00303. The third-order valence-corrected chi connectivity index (χ3v) is 8.15. The Morgan fingerprint density at radius 3 is 2.24 bits per heavy atom. The van der Waals surface area contributed by atoms with E-state index in [1.54, 1.807) is 4.57 Å². The van der Waals surface area contributed by atoms with Gasteiger partial charge in [0.2, 0.25) is 0 Å². The number of aromatic nitrogens is 4. The highest BCUT2D eigenvalue weighted by molar-refractivity contribution is 6.35. The summed E-state index contributed by atoms with van der Waals surface area (Å²) in [5.74, 6) is 0.500. The molecule has 0 saturated heterocycles. The molecule has 0 saturated carbocycles. The fourth-order valence-electron chi connectivity index (χ4n) is 5.23. The standard InChI is InChI=1S/C33H32Cl2N4O3/c1-3-4-14-30-27(32(40)39(21(2)36-30)19-8-11-26-28(34)12-7-13-29(26)35)20-22-15-17-23(18-16-22)24-9-5-6-10-25(24)31-37-33(41)42-38-31/h5-7,9-10,12-13,15-18H,3-4,8,11,14,19-20H2,1-2H3,(H,37,38,41). The first-order valence-electron chi connectivity index (χ1n) is 14.1. The number of halogens is 2. The van der Waals surface area contributed by atoms with Gasteiger partial charge in [-0.15, -0.1) is 0 Å². The molecule has 1 N–H and O–H groups in total. The highest BCUT2D eigenvalue weighted by Gasteiger charge is 2.17. The van der Waals surface area contributed by atoms with E-state index in [-0.39, 0.29) is 5.56 Å². The van der Waals surface area contributed by atoms with Crippen molar-refractivity contribution in [3.63, 3.8) is 0 Å². The lowest BCUT2D eigenvalue weighted by Gasteiger charge is -2.16. The largest absolute Gasteiger partial charge is 0.439 e. The maximum absolute atomic E-state index is 13.9. The van der Waals surface area contributed by atoms with E-state index in [0.29, 0.717) is 41.7 Å². The van der Waals surface area contributed by atoms with Crippen LogP contribution in [0.15, 0.2) is 80.8 Å². The van der Waals surface area contributed by atoms with Gasteiger partial charge in [-0.05, 0) is 67.0 Å². The maximum Gasteiger partial charge on any atom is 0.439 e. The van der Waals surface area contributed by atoms with Crippen molar-refractivity contribution >= 4 is 23.2 Å². The van der Waals surface area contributed by atoms with Gasteiger partial charge in [0.1, 0.15) is 5.82 Å². The molecule has 0 aliphatic rings. The predicted molar refractivity (Wildman–Crippen MR) is 167 cm³/mol. The van der Waals surface area contributed by atoms with Gasteiger partial charge < -0.3 is 0 Å². The van der Waals surface area contributed by atoms with E-state index in [1.807, 2.05) is 73.7 Å². The maximum atomic E-state index is 13.9. The zero-order chi connectivity index (χ0) is 29.6. The molecule has 7 nitrogen and oxygen atoms in total. The Morgan fingerprint density at radius 1 is 0.857 bits per heavy atom. The minimum Gasteiger partial charge on any atom is -0.297 e. The minimum atomic E-state index is -0.598. The number of nitrogens with zero attached hydrogens (tertiary/aromatic N) is 3. The molecule has 2 aromatic heterocycles. The number of hydrogen-bond donors (Lipinski definition) is 1.